The summed E-state index contributed by atoms with van der Waals surface area (Å²) in [7, 11) is 0. The molecule has 0 rings (SSSR count). The predicted octanol–water partition coefficient (Wildman–Crippen LogP) is 0.851. The number of likely N-dealkylation sites (N-methyl/N-ethyl adjacent to an activating group) is 1. The lowest BCUT2D eigenvalue weighted by Crippen LogP contribution is -2.46. The van der Waals surface area contributed by atoms with E-state index in [1.165, 1.54) is 0 Å². The van der Waals surface area contributed by atoms with Gasteiger partial charge in [0.1, 0.15) is 0 Å². The molecule has 4 nitrogen and oxygen atoms in total. The maximum absolute atomic E-state index is 11.8. The van der Waals surface area contributed by atoms with Gasteiger partial charge >= 0.3 is 0 Å². The smallest absolute Gasteiger partial charge is 0.237 e. The summed E-state index contributed by atoms with van der Waals surface area (Å²) >= 11 is 0. The van der Waals surface area contributed by atoms with Crippen molar-refractivity contribution in [3.05, 3.63) is 0 Å². The zero-order valence-electron chi connectivity index (χ0n) is 11.0. The maximum Gasteiger partial charge on any atom is 0.237 e. The molecule has 0 aliphatic rings. The van der Waals surface area contributed by atoms with Gasteiger partial charge < -0.3 is 10.4 Å². The number of amides is 1. The number of aliphatic hydroxyl groups is 1. The predicted molar refractivity (Wildman–Crippen MR) is 66.3 cm³/mol. The Morgan fingerprint density at radius 1 is 1.38 bits per heavy atom. The molecule has 0 saturated heterocycles. The first-order chi connectivity index (χ1) is 7.52. The standard InChI is InChI=1S/C12H26N2O2/c1-5-14(8-9-15)11(4)12(16)13-7-6-10(2)3/h10-11,15H,5-9H2,1-4H3,(H,13,16). The zero-order valence-corrected chi connectivity index (χ0v) is 11.0. The molecule has 0 aromatic heterocycles. The molecule has 1 atom stereocenters. The molecule has 1 amide bonds. The molecule has 96 valence electrons. The highest BCUT2D eigenvalue weighted by atomic mass is 16.3. The fourth-order valence-electron chi connectivity index (χ4n) is 1.55. The number of nitrogens with one attached hydrogen (secondary N) is 1. The normalized spacial score (nSPS) is 13.2. The van der Waals surface area contributed by atoms with E-state index < -0.39 is 0 Å². The highest BCUT2D eigenvalue weighted by molar-refractivity contribution is 5.81. The van der Waals surface area contributed by atoms with E-state index in [-0.39, 0.29) is 18.6 Å². The SMILES string of the molecule is CCN(CCO)C(C)C(=O)NCCC(C)C. The van der Waals surface area contributed by atoms with Gasteiger partial charge in [0, 0.05) is 13.1 Å². The topological polar surface area (TPSA) is 52.6 Å². The van der Waals surface area contributed by atoms with Crippen LogP contribution in [0.4, 0.5) is 0 Å². The Morgan fingerprint density at radius 2 is 2.00 bits per heavy atom. The first-order valence-corrected chi connectivity index (χ1v) is 6.15. The number of rotatable bonds is 8. The van der Waals surface area contributed by atoms with E-state index in [4.69, 9.17) is 5.11 Å². The van der Waals surface area contributed by atoms with E-state index in [1.807, 2.05) is 18.7 Å². The molecule has 0 aliphatic carbocycles. The summed E-state index contributed by atoms with van der Waals surface area (Å²) in [5.74, 6) is 0.659. The number of nitrogens with zero attached hydrogens (tertiary/aromatic N) is 1. The number of carbonyl (C=O) groups is 1. The molecule has 0 fully saturated rings. The van der Waals surface area contributed by atoms with Gasteiger partial charge in [0.15, 0.2) is 0 Å². The molecule has 0 spiro atoms. The minimum atomic E-state index is -0.163. The van der Waals surface area contributed by atoms with Crippen molar-refractivity contribution in [3.8, 4) is 0 Å². The molecule has 0 radical (unpaired) electrons. The Morgan fingerprint density at radius 3 is 2.44 bits per heavy atom. The highest BCUT2D eigenvalue weighted by Gasteiger charge is 2.18. The molecule has 4 heteroatoms. The van der Waals surface area contributed by atoms with Gasteiger partial charge in [-0.2, -0.15) is 0 Å². The van der Waals surface area contributed by atoms with Gasteiger partial charge in [-0.05, 0) is 25.8 Å². The first kappa shape index (κ1) is 15.4. The quantitative estimate of drug-likeness (QED) is 0.650. The Hall–Kier alpha value is -0.610. The molecule has 0 heterocycles. The second kappa shape index (κ2) is 8.53. The van der Waals surface area contributed by atoms with Gasteiger partial charge in [-0.25, -0.2) is 0 Å². The van der Waals surface area contributed by atoms with Crippen molar-refractivity contribution in [1.82, 2.24) is 10.2 Å². The summed E-state index contributed by atoms with van der Waals surface area (Å²) in [6.07, 6.45) is 1.00. The molecular weight excluding hydrogens is 204 g/mol. The van der Waals surface area contributed by atoms with E-state index in [1.54, 1.807) is 0 Å². The van der Waals surface area contributed by atoms with Crippen molar-refractivity contribution in [3.63, 3.8) is 0 Å². The fourth-order valence-corrected chi connectivity index (χ4v) is 1.55. The third-order valence-electron chi connectivity index (χ3n) is 2.74. The molecule has 0 aromatic carbocycles. The summed E-state index contributed by atoms with van der Waals surface area (Å²) in [6, 6.07) is -0.163. The lowest BCUT2D eigenvalue weighted by Gasteiger charge is -2.26. The molecule has 16 heavy (non-hydrogen) atoms. The molecule has 1 unspecified atom stereocenters. The summed E-state index contributed by atoms with van der Waals surface area (Å²) in [4.78, 5) is 13.7. The van der Waals surface area contributed by atoms with Crippen molar-refractivity contribution in [1.29, 1.82) is 0 Å². The van der Waals surface area contributed by atoms with E-state index in [9.17, 15) is 4.79 Å². The summed E-state index contributed by atoms with van der Waals surface area (Å²) in [5.41, 5.74) is 0. The average molecular weight is 230 g/mol. The Balaban J connectivity index is 3.95. The third kappa shape index (κ3) is 6.08. The van der Waals surface area contributed by atoms with Crippen molar-refractivity contribution in [2.75, 3.05) is 26.2 Å². The highest BCUT2D eigenvalue weighted by Crippen LogP contribution is 2.00. The van der Waals surface area contributed by atoms with Crippen molar-refractivity contribution in [2.45, 2.75) is 40.2 Å². The van der Waals surface area contributed by atoms with Crippen LogP contribution in [0.3, 0.4) is 0 Å². The van der Waals surface area contributed by atoms with Crippen LogP contribution >= 0.6 is 0 Å². The van der Waals surface area contributed by atoms with Crippen LogP contribution in [0.25, 0.3) is 0 Å². The number of hydrogen-bond donors (Lipinski definition) is 2. The van der Waals surface area contributed by atoms with Crippen LogP contribution in [0.1, 0.15) is 34.1 Å². The third-order valence-corrected chi connectivity index (χ3v) is 2.74. The monoisotopic (exact) mass is 230 g/mol. The number of carbonyl (C=O) groups excluding carboxylic acids is 1. The van der Waals surface area contributed by atoms with E-state index in [0.29, 0.717) is 12.5 Å². The minimum Gasteiger partial charge on any atom is -0.395 e. The molecule has 0 saturated carbocycles. The van der Waals surface area contributed by atoms with Crippen LogP contribution in [0.5, 0.6) is 0 Å². The van der Waals surface area contributed by atoms with E-state index >= 15 is 0 Å². The Bertz CT molecular complexity index is 195. The Kier molecular flexibility index (Phi) is 8.21. The van der Waals surface area contributed by atoms with Gasteiger partial charge in [-0.3, -0.25) is 9.69 Å². The van der Waals surface area contributed by atoms with Gasteiger partial charge in [-0.1, -0.05) is 20.8 Å². The van der Waals surface area contributed by atoms with Gasteiger partial charge in [0.25, 0.3) is 0 Å². The molecule has 0 bridgehead atoms. The average Bonchev–Trinajstić information content (AvgIpc) is 2.24. The lowest BCUT2D eigenvalue weighted by molar-refractivity contribution is -0.126. The van der Waals surface area contributed by atoms with Crippen molar-refractivity contribution < 1.29 is 9.90 Å². The molecule has 0 aromatic rings. The molecular formula is C12H26N2O2. The van der Waals surface area contributed by atoms with Gasteiger partial charge in [0.2, 0.25) is 5.91 Å². The van der Waals surface area contributed by atoms with Crippen LogP contribution < -0.4 is 5.32 Å². The lowest BCUT2D eigenvalue weighted by atomic mass is 10.1. The first-order valence-electron chi connectivity index (χ1n) is 6.15. The minimum absolute atomic E-state index is 0.0518. The summed E-state index contributed by atoms with van der Waals surface area (Å²) in [6.45, 7) is 10.3. The van der Waals surface area contributed by atoms with Crippen LogP contribution in [-0.4, -0.2) is 48.2 Å². The molecule has 2 N–H and O–H groups in total. The van der Waals surface area contributed by atoms with Crippen LogP contribution in [0, 0.1) is 5.92 Å². The summed E-state index contributed by atoms with van der Waals surface area (Å²) < 4.78 is 0. The Labute approximate surface area is 99.0 Å². The summed E-state index contributed by atoms with van der Waals surface area (Å²) in [5, 5.41) is 11.8. The second-order valence-electron chi connectivity index (χ2n) is 4.50. The van der Waals surface area contributed by atoms with Crippen LogP contribution in [0.15, 0.2) is 0 Å². The van der Waals surface area contributed by atoms with Crippen molar-refractivity contribution >= 4 is 5.91 Å². The fraction of sp³-hybridized carbons (Fsp3) is 0.917. The van der Waals surface area contributed by atoms with Crippen LogP contribution in [0.2, 0.25) is 0 Å². The van der Waals surface area contributed by atoms with E-state index in [0.717, 1.165) is 19.5 Å². The van der Waals surface area contributed by atoms with E-state index in [2.05, 4.69) is 19.2 Å². The maximum atomic E-state index is 11.8. The van der Waals surface area contributed by atoms with Crippen molar-refractivity contribution in [2.24, 2.45) is 5.92 Å². The van der Waals surface area contributed by atoms with Gasteiger partial charge in [0.05, 0.1) is 12.6 Å². The number of aliphatic hydroxyl groups excluding tert-OH is 1. The largest absolute Gasteiger partial charge is 0.395 e. The molecule has 0 aliphatic heterocycles. The zero-order chi connectivity index (χ0) is 12.6. The van der Waals surface area contributed by atoms with Crippen LogP contribution in [-0.2, 0) is 4.79 Å². The van der Waals surface area contributed by atoms with Gasteiger partial charge in [-0.15, -0.1) is 0 Å². The number of hydrogen-bond acceptors (Lipinski definition) is 3. The second-order valence-corrected chi connectivity index (χ2v) is 4.50.